The second kappa shape index (κ2) is 8.53. The Bertz CT molecular complexity index is 949. The van der Waals surface area contributed by atoms with Gasteiger partial charge in [0.1, 0.15) is 11.3 Å². The molecule has 1 aromatic rings. The molecule has 0 spiro atoms. The van der Waals surface area contributed by atoms with Crippen LogP contribution in [0, 0.1) is 5.41 Å². The number of benzene rings is 1. The summed E-state index contributed by atoms with van der Waals surface area (Å²) in [7, 11) is 4.50. The van der Waals surface area contributed by atoms with Crippen LogP contribution in [0.1, 0.15) is 45.1 Å². The number of hydrogen-bond acceptors (Lipinski definition) is 8. The van der Waals surface area contributed by atoms with Crippen molar-refractivity contribution in [1.82, 2.24) is 0 Å². The number of esters is 1. The molecule has 1 aliphatic heterocycles. The molecule has 0 saturated heterocycles. The number of Topliss-reactive ketones (excluding diaryl/α,β-unsaturated/α-hetero) is 1. The number of methoxy groups -OCH3 is 3. The van der Waals surface area contributed by atoms with Gasteiger partial charge in [0.15, 0.2) is 17.3 Å². The van der Waals surface area contributed by atoms with E-state index in [1.54, 1.807) is 19.1 Å². The molecule has 2 aliphatic rings. The van der Waals surface area contributed by atoms with Crippen molar-refractivity contribution in [1.29, 1.82) is 0 Å². The summed E-state index contributed by atoms with van der Waals surface area (Å²) in [5.74, 6) is 0.0989. The summed E-state index contributed by atoms with van der Waals surface area (Å²) in [6.07, 6.45) is 0.845. The van der Waals surface area contributed by atoms with E-state index < -0.39 is 11.9 Å². The van der Waals surface area contributed by atoms with Gasteiger partial charge in [-0.3, -0.25) is 4.79 Å². The molecule has 0 aromatic heterocycles. The number of rotatable bonds is 6. The number of hydrogen-bond donors (Lipinski definition) is 1. The number of ketones is 1. The Hall–Kier alpha value is -3.16. The molecule has 1 heterocycles. The van der Waals surface area contributed by atoms with E-state index in [1.807, 2.05) is 13.8 Å². The minimum atomic E-state index is -0.778. The molecule has 0 radical (unpaired) electrons. The monoisotopic (exact) mass is 431 g/mol. The van der Waals surface area contributed by atoms with Gasteiger partial charge >= 0.3 is 5.97 Å². The van der Waals surface area contributed by atoms with Crippen molar-refractivity contribution in [2.75, 3.05) is 27.9 Å². The summed E-state index contributed by atoms with van der Waals surface area (Å²) in [6, 6.07) is 3.42. The lowest BCUT2D eigenvalue weighted by atomic mass is 9.70. The molecule has 31 heavy (non-hydrogen) atoms. The van der Waals surface area contributed by atoms with Gasteiger partial charge in [0.25, 0.3) is 0 Å². The average Bonchev–Trinajstić information content (AvgIpc) is 2.70. The number of allylic oxidation sites excluding steroid dienone is 2. The predicted octanol–water partition coefficient (Wildman–Crippen LogP) is 3.20. The summed E-state index contributed by atoms with van der Waals surface area (Å²) in [5, 5.41) is 0. The highest BCUT2D eigenvalue weighted by Gasteiger charge is 2.45. The highest BCUT2D eigenvalue weighted by atomic mass is 16.5. The third-order valence-electron chi connectivity index (χ3n) is 5.47. The van der Waals surface area contributed by atoms with Crippen LogP contribution in [-0.2, 0) is 19.1 Å². The van der Waals surface area contributed by atoms with Crippen molar-refractivity contribution in [2.24, 2.45) is 11.1 Å². The van der Waals surface area contributed by atoms with Gasteiger partial charge in [-0.1, -0.05) is 13.8 Å². The molecular formula is C23H29NO7. The van der Waals surface area contributed by atoms with Crippen molar-refractivity contribution in [3.05, 3.63) is 40.5 Å². The summed E-state index contributed by atoms with van der Waals surface area (Å²) in [5.41, 5.74) is 7.00. The smallest absolute Gasteiger partial charge is 0.340 e. The van der Waals surface area contributed by atoms with E-state index >= 15 is 0 Å². The number of nitrogens with two attached hydrogens (primary N) is 1. The largest absolute Gasteiger partial charge is 0.493 e. The zero-order valence-electron chi connectivity index (χ0n) is 18.8. The van der Waals surface area contributed by atoms with Gasteiger partial charge in [0.05, 0.1) is 33.9 Å². The van der Waals surface area contributed by atoms with Crippen LogP contribution in [0.2, 0.25) is 0 Å². The molecule has 8 heteroatoms. The normalized spacial score (nSPS) is 20.1. The summed E-state index contributed by atoms with van der Waals surface area (Å²) in [4.78, 5) is 26.1. The van der Waals surface area contributed by atoms with Crippen molar-refractivity contribution in [2.45, 2.75) is 39.5 Å². The van der Waals surface area contributed by atoms with Crippen LogP contribution in [0.15, 0.2) is 34.9 Å². The van der Waals surface area contributed by atoms with Crippen LogP contribution < -0.4 is 19.9 Å². The first-order valence-corrected chi connectivity index (χ1v) is 10.1. The molecule has 3 rings (SSSR count). The lowest BCUT2D eigenvalue weighted by Gasteiger charge is -2.38. The Morgan fingerprint density at radius 2 is 1.74 bits per heavy atom. The summed E-state index contributed by atoms with van der Waals surface area (Å²) < 4.78 is 27.4. The van der Waals surface area contributed by atoms with Crippen LogP contribution >= 0.6 is 0 Å². The molecule has 168 valence electrons. The van der Waals surface area contributed by atoms with E-state index in [0.29, 0.717) is 47.0 Å². The van der Waals surface area contributed by atoms with E-state index in [1.165, 1.54) is 21.3 Å². The molecular weight excluding hydrogens is 402 g/mol. The Labute approximate surface area is 181 Å². The molecule has 8 nitrogen and oxygen atoms in total. The van der Waals surface area contributed by atoms with Crippen molar-refractivity contribution in [3.8, 4) is 17.2 Å². The Kier molecular flexibility index (Phi) is 6.20. The van der Waals surface area contributed by atoms with Gasteiger partial charge in [-0.15, -0.1) is 0 Å². The third kappa shape index (κ3) is 4.06. The lowest BCUT2D eigenvalue weighted by molar-refractivity contribution is -0.139. The number of ether oxygens (including phenoxy) is 5. The first-order chi connectivity index (χ1) is 14.7. The molecule has 1 atom stereocenters. The van der Waals surface area contributed by atoms with Gasteiger partial charge in [0.2, 0.25) is 11.6 Å². The highest BCUT2D eigenvalue weighted by Crippen LogP contribution is 2.50. The third-order valence-corrected chi connectivity index (χ3v) is 5.47. The molecule has 0 saturated carbocycles. The average molecular weight is 431 g/mol. The number of carbonyl (C=O) groups excluding carboxylic acids is 2. The predicted molar refractivity (Wildman–Crippen MR) is 113 cm³/mol. The quantitative estimate of drug-likeness (QED) is 0.685. The van der Waals surface area contributed by atoms with Crippen LogP contribution in [0.3, 0.4) is 0 Å². The van der Waals surface area contributed by atoms with Crippen LogP contribution in [0.4, 0.5) is 0 Å². The van der Waals surface area contributed by atoms with Gasteiger partial charge < -0.3 is 29.4 Å². The summed E-state index contributed by atoms with van der Waals surface area (Å²) in [6.45, 7) is 5.84. The van der Waals surface area contributed by atoms with Crippen LogP contribution in [0.25, 0.3) is 0 Å². The molecule has 2 N–H and O–H groups in total. The molecule has 0 fully saturated rings. The van der Waals surface area contributed by atoms with Crippen molar-refractivity contribution >= 4 is 11.8 Å². The van der Waals surface area contributed by atoms with Crippen molar-refractivity contribution in [3.63, 3.8) is 0 Å². The Morgan fingerprint density at radius 1 is 1.13 bits per heavy atom. The van der Waals surface area contributed by atoms with Gasteiger partial charge in [-0.25, -0.2) is 4.79 Å². The van der Waals surface area contributed by atoms with E-state index in [-0.39, 0.29) is 29.3 Å². The fourth-order valence-electron chi connectivity index (χ4n) is 4.19. The minimum Gasteiger partial charge on any atom is -0.493 e. The van der Waals surface area contributed by atoms with Gasteiger partial charge in [-0.05, 0) is 30.0 Å². The maximum atomic E-state index is 13.3. The van der Waals surface area contributed by atoms with Crippen molar-refractivity contribution < 1.29 is 33.3 Å². The Morgan fingerprint density at radius 3 is 2.26 bits per heavy atom. The second-order valence-electron chi connectivity index (χ2n) is 8.27. The standard InChI is InChI=1S/C23H29NO7/c1-7-30-22(26)19-17(12-8-14(27-4)20(29-6)15(9-12)28-5)18-13(25)10-23(2,3)11-16(18)31-21(19)24/h8-9,17H,7,10-11,24H2,1-6H3/t17-/m1/s1. The fraction of sp³-hybridized carbons (Fsp3) is 0.478. The number of carbonyl (C=O) groups is 2. The molecule has 0 bridgehead atoms. The van der Waals surface area contributed by atoms with E-state index in [0.717, 1.165) is 0 Å². The zero-order valence-corrected chi connectivity index (χ0v) is 18.8. The zero-order chi connectivity index (χ0) is 22.9. The lowest BCUT2D eigenvalue weighted by Crippen LogP contribution is -2.35. The van der Waals surface area contributed by atoms with E-state index in [9.17, 15) is 9.59 Å². The molecule has 1 aliphatic carbocycles. The fourth-order valence-corrected chi connectivity index (χ4v) is 4.19. The maximum Gasteiger partial charge on any atom is 0.340 e. The van der Waals surface area contributed by atoms with E-state index in [2.05, 4.69) is 0 Å². The second-order valence-corrected chi connectivity index (χ2v) is 8.27. The SMILES string of the molecule is CCOC(=O)C1=C(N)OC2=C(C(=O)CC(C)(C)C2)[C@H]1c1cc(OC)c(OC)c(OC)c1. The minimum absolute atomic E-state index is 0.0681. The molecule has 0 unspecified atom stereocenters. The van der Waals surface area contributed by atoms with Crippen LogP contribution in [0.5, 0.6) is 17.2 Å². The molecule has 0 amide bonds. The first-order valence-electron chi connectivity index (χ1n) is 10.1. The van der Waals surface area contributed by atoms with Gasteiger partial charge in [-0.2, -0.15) is 0 Å². The topological polar surface area (TPSA) is 106 Å². The molecule has 1 aromatic carbocycles. The Balaban J connectivity index is 2.27. The summed E-state index contributed by atoms with van der Waals surface area (Å²) >= 11 is 0. The first kappa shape index (κ1) is 22.5. The van der Waals surface area contributed by atoms with E-state index in [4.69, 9.17) is 29.4 Å². The van der Waals surface area contributed by atoms with Gasteiger partial charge in [0, 0.05) is 18.4 Å². The maximum absolute atomic E-state index is 13.3. The van der Waals surface area contributed by atoms with Crippen LogP contribution in [-0.4, -0.2) is 39.7 Å². The highest BCUT2D eigenvalue weighted by molar-refractivity contribution is 6.03.